The number of carbonyl (C=O) groups is 2. The summed E-state index contributed by atoms with van der Waals surface area (Å²) in [7, 11) is 1.34. The first-order valence-corrected chi connectivity index (χ1v) is 9.08. The van der Waals surface area contributed by atoms with E-state index in [9.17, 15) is 9.59 Å². The zero-order valence-electron chi connectivity index (χ0n) is 13.8. The van der Waals surface area contributed by atoms with Crippen LogP contribution in [0.2, 0.25) is 0 Å². The van der Waals surface area contributed by atoms with Crippen LogP contribution < -0.4 is 0 Å². The lowest BCUT2D eigenvalue weighted by molar-refractivity contribution is 0.0595. The Labute approximate surface area is 173 Å². The lowest BCUT2D eigenvalue weighted by atomic mass is 10.2. The number of aromatic nitrogens is 4. The number of fused-ring (bicyclic) bond motifs is 2. The van der Waals surface area contributed by atoms with Gasteiger partial charge < -0.3 is 9.84 Å². The quantitative estimate of drug-likeness (QED) is 0.337. The Balaban J connectivity index is 0.000000511. The lowest BCUT2D eigenvalue weighted by Crippen LogP contribution is -2.01. The molecule has 0 saturated carbocycles. The van der Waals surface area contributed by atoms with Crippen molar-refractivity contribution in [2.75, 3.05) is 7.11 Å². The van der Waals surface area contributed by atoms with Gasteiger partial charge in [0.05, 0.1) is 18.1 Å². The van der Waals surface area contributed by atoms with Gasteiger partial charge in [-0.15, -0.1) is 0 Å². The number of carboxylic acid groups (broad SMARTS) is 1. The molecule has 2 heterocycles. The number of H-pyrrole nitrogens is 2. The maximum absolute atomic E-state index is 11.3. The number of halogens is 2. The minimum absolute atomic E-state index is 0. The second-order valence-corrected chi connectivity index (χ2v) is 7.15. The standard InChI is InChI=1S/C9H7BrN2O2.C8H5BrN2O2.3H2/c1-14-9(13)8-6-3-2-5(10)4-7(6)11-12-8;9-4-1-2-5-6(3-4)10-11-7(5)8(12)13;;;/h2-4H,1H3,(H,11,12);1-3H,(H,10,11)(H,12,13);3*1H. The molecule has 0 radical (unpaired) electrons. The fourth-order valence-corrected chi connectivity index (χ4v) is 3.12. The number of hydrogen-bond acceptors (Lipinski definition) is 5. The van der Waals surface area contributed by atoms with Crippen molar-refractivity contribution >= 4 is 65.6 Å². The fraction of sp³-hybridized carbons (Fsp3) is 0.0588. The van der Waals surface area contributed by atoms with Crippen LogP contribution in [0.15, 0.2) is 45.3 Å². The zero-order valence-corrected chi connectivity index (χ0v) is 17.0. The number of benzene rings is 2. The van der Waals surface area contributed by atoms with Gasteiger partial charge in [-0.1, -0.05) is 31.9 Å². The molecular formula is C17H18Br2N4O4. The van der Waals surface area contributed by atoms with Crippen LogP contribution in [0.4, 0.5) is 0 Å². The summed E-state index contributed by atoms with van der Waals surface area (Å²) >= 11 is 6.62. The summed E-state index contributed by atoms with van der Waals surface area (Å²) in [4.78, 5) is 21.9. The smallest absolute Gasteiger partial charge is 0.359 e. The topological polar surface area (TPSA) is 121 Å². The number of methoxy groups -OCH3 is 1. The van der Waals surface area contributed by atoms with E-state index in [0.717, 1.165) is 19.8 Å². The maximum atomic E-state index is 11.3. The van der Waals surface area contributed by atoms with Gasteiger partial charge in [-0.25, -0.2) is 9.59 Å². The van der Waals surface area contributed by atoms with Crippen molar-refractivity contribution in [2.45, 2.75) is 0 Å². The summed E-state index contributed by atoms with van der Waals surface area (Å²) in [6, 6.07) is 10.8. The van der Waals surface area contributed by atoms with E-state index in [1.54, 1.807) is 18.2 Å². The van der Waals surface area contributed by atoms with Gasteiger partial charge in [0, 0.05) is 24.0 Å². The third-order valence-corrected chi connectivity index (χ3v) is 4.62. The van der Waals surface area contributed by atoms with Crippen LogP contribution in [0.5, 0.6) is 0 Å². The molecule has 2 aromatic heterocycles. The Bertz CT molecular complexity index is 1170. The van der Waals surface area contributed by atoms with Crippen LogP contribution in [0.3, 0.4) is 0 Å². The van der Waals surface area contributed by atoms with Crippen molar-refractivity contribution in [3.05, 3.63) is 56.7 Å². The number of rotatable bonds is 2. The summed E-state index contributed by atoms with van der Waals surface area (Å²) in [5.74, 6) is -1.45. The average molecular weight is 502 g/mol. The number of carbonyl (C=O) groups excluding carboxylic acids is 1. The number of aromatic carboxylic acids is 1. The number of nitrogens with zero attached hydrogens (tertiary/aromatic N) is 2. The van der Waals surface area contributed by atoms with E-state index < -0.39 is 11.9 Å². The summed E-state index contributed by atoms with van der Waals surface area (Å²) in [6.07, 6.45) is 0. The lowest BCUT2D eigenvalue weighted by Gasteiger charge is -1.94. The van der Waals surface area contributed by atoms with Crippen molar-refractivity contribution in [1.82, 2.24) is 20.4 Å². The van der Waals surface area contributed by atoms with Crippen LogP contribution in [-0.2, 0) is 4.74 Å². The minimum Gasteiger partial charge on any atom is -0.476 e. The largest absolute Gasteiger partial charge is 0.476 e. The molecule has 144 valence electrons. The molecule has 0 saturated heterocycles. The SMILES string of the molecule is COC(=O)c1n[nH]c2cc(Br)ccc12.O=C(O)c1n[nH]c2cc(Br)ccc12.[HH].[HH].[HH]. The average Bonchev–Trinajstić information content (AvgIpc) is 3.24. The fourth-order valence-electron chi connectivity index (χ4n) is 2.40. The van der Waals surface area contributed by atoms with E-state index in [1.807, 2.05) is 18.2 Å². The van der Waals surface area contributed by atoms with Gasteiger partial charge in [-0.2, -0.15) is 10.2 Å². The molecule has 0 atom stereocenters. The third kappa shape index (κ3) is 4.01. The van der Waals surface area contributed by atoms with Gasteiger partial charge >= 0.3 is 11.9 Å². The maximum Gasteiger partial charge on any atom is 0.359 e. The predicted molar refractivity (Wildman–Crippen MR) is 112 cm³/mol. The monoisotopic (exact) mass is 500 g/mol. The van der Waals surface area contributed by atoms with Crippen LogP contribution in [0.1, 0.15) is 25.3 Å². The number of ether oxygens (including phenoxy) is 1. The van der Waals surface area contributed by atoms with Crippen molar-refractivity contribution in [3.63, 3.8) is 0 Å². The second kappa shape index (κ2) is 7.89. The van der Waals surface area contributed by atoms with Crippen molar-refractivity contribution < 1.29 is 23.7 Å². The molecule has 0 aliphatic rings. The van der Waals surface area contributed by atoms with Crippen LogP contribution >= 0.6 is 31.9 Å². The highest BCUT2D eigenvalue weighted by atomic mass is 79.9. The van der Waals surface area contributed by atoms with Crippen LogP contribution in [-0.4, -0.2) is 44.5 Å². The molecule has 10 heteroatoms. The normalized spacial score (nSPS) is 10.5. The molecule has 27 heavy (non-hydrogen) atoms. The number of esters is 1. The second-order valence-electron chi connectivity index (χ2n) is 5.32. The first-order chi connectivity index (χ1) is 12.9. The van der Waals surface area contributed by atoms with Gasteiger partial charge in [0.1, 0.15) is 0 Å². The van der Waals surface area contributed by atoms with Crippen LogP contribution in [0.25, 0.3) is 21.8 Å². The Morgan fingerprint density at radius 3 is 1.93 bits per heavy atom. The first kappa shape index (κ1) is 19.1. The summed E-state index contributed by atoms with van der Waals surface area (Å²) < 4.78 is 6.42. The number of nitrogens with one attached hydrogen (secondary N) is 2. The minimum atomic E-state index is -1.02. The molecule has 0 bridgehead atoms. The third-order valence-electron chi connectivity index (χ3n) is 3.63. The molecule has 0 spiro atoms. The van der Waals surface area contributed by atoms with E-state index in [4.69, 9.17) is 5.11 Å². The molecule has 2 aromatic carbocycles. The highest BCUT2D eigenvalue weighted by Gasteiger charge is 2.14. The van der Waals surface area contributed by atoms with E-state index in [0.29, 0.717) is 16.6 Å². The summed E-state index contributed by atoms with van der Waals surface area (Å²) in [6.45, 7) is 0. The first-order valence-electron chi connectivity index (χ1n) is 7.49. The van der Waals surface area contributed by atoms with Crippen molar-refractivity contribution in [1.29, 1.82) is 0 Å². The van der Waals surface area contributed by atoms with E-state index in [2.05, 4.69) is 57.0 Å². The Hall–Kier alpha value is -2.72. The number of hydrogen-bond donors (Lipinski definition) is 3. The van der Waals surface area contributed by atoms with Gasteiger partial charge in [-0.05, 0) is 36.4 Å². The number of aromatic amines is 2. The Morgan fingerprint density at radius 2 is 1.44 bits per heavy atom. The zero-order chi connectivity index (χ0) is 19.6. The van der Waals surface area contributed by atoms with Gasteiger partial charge in [0.2, 0.25) is 0 Å². The van der Waals surface area contributed by atoms with Crippen LogP contribution in [0, 0.1) is 0 Å². The molecule has 0 aliphatic heterocycles. The van der Waals surface area contributed by atoms with E-state index >= 15 is 0 Å². The molecule has 0 unspecified atom stereocenters. The molecule has 3 N–H and O–H groups in total. The molecule has 0 fully saturated rings. The van der Waals surface area contributed by atoms with Gasteiger partial charge in [-0.3, -0.25) is 10.2 Å². The molecule has 8 nitrogen and oxygen atoms in total. The van der Waals surface area contributed by atoms with Gasteiger partial charge in [0.25, 0.3) is 0 Å². The van der Waals surface area contributed by atoms with E-state index in [-0.39, 0.29) is 9.97 Å². The summed E-state index contributed by atoms with van der Waals surface area (Å²) in [5, 5.41) is 23.1. The molecule has 0 aliphatic carbocycles. The Kier molecular flexibility index (Phi) is 5.57. The molecular weight excluding hydrogens is 484 g/mol. The van der Waals surface area contributed by atoms with Crippen molar-refractivity contribution in [3.8, 4) is 0 Å². The van der Waals surface area contributed by atoms with Gasteiger partial charge in [0.15, 0.2) is 11.4 Å². The predicted octanol–water partition coefficient (Wildman–Crippen LogP) is 4.87. The van der Waals surface area contributed by atoms with E-state index in [1.165, 1.54) is 7.11 Å². The summed E-state index contributed by atoms with van der Waals surface area (Å²) in [5.41, 5.74) is 1.89. The highest BCUT2D eigenvalue weighted by molar-refractivity contribution is 9.10. The molecule has 0 amide bonds. The van der Waals surface area contributed by atoms with Crippen molar-refractivity contribution in [2.24, 2.45) is 0 Å². The molecule has 4 aromatic rings. The molecule has 4 rings (SSSR count). The highest BCUT2D eigenvalue weighted by Crippen LogP contribution is 2.21. The Morgan fingerprint density at radius 1 is 0.963 bits per heavy atom. The number of carboxylic acids is 1.